The van der Waals surface area contributed by atoms with E-state index < -0.39 is 24.5 Å². The van der Waals surface area contributed by atoms with Gasteiger partial charge in [-0.3, -0.25) is 4.57 Å². The van der Waals surface area contributed by atoms with Crippen LogP contribution in [-0.4, -0.2) is 43.4 Å². The molecule has 1 fully saturated rings. The molecule has 1 saturated heterocycles. The molecule has 2 aromatic rings. The van der Waals surface area contributed by atoms with Gasteiger partial charge in [0.25, 0.3) is 0 Å². The highest BCUT2D eigenvalue weighted by Crippen LogP contribution is 2.31. The first-order valence-corrected chi connectivity index (χ1v) is 6.16. The molecule has 0 saturated carbocycles. The number of anilines is 1. The predicted molar refractivity (Wildman–Crippen MR) is 69.0 cm³/mol. The van der Waals surface area contributed by atoms with Crippen LogP contribution in [0.4, 0.5) is 10.2 Å². The minimum Gasteiger partial charge on any atom is -0.444 e. The number of aliphatic hydroxyl groups excluding tert-OH is 1. The van der Waals surface area contributed by atoms with Crippen LogP contribution in [0, 0.1) is 18.6 Å². The van der Waals surface area contributed by atoms with E-state index in [0.29, 0.717) is 0 Å². The van der Waals surface area contributed by atoms with Gasteiger partial charge in [-0.25, -0.2) is 4.98 Å². The molecule has 2 aromatic heterocycles. The zero-order valence-electron chi connectivity index (χ0n) is 10.8. The minimum atomic E-state index is -0.951. The third-order valence-corrected chi connectivity index (χ3v) is 3.27. The molecule has 8 nitrogen and oxygen atoms in total. The van der Waals surface area contributed by atoms with Crippen LogP contribution in [0.15, 0.2) is 6.33 Å². The molecule has 3 rings (SSSR count). The first-order chi connectivity index (χ1) is 10.1. The lowest BCUT2D eigenvalue weighted by molar-refractivity contribution is -0.0431. The monoisotopic (exact) mass is 293 g/mol. The quantitative estimate of drug-likeness (QED) is 0.596. The molecule has 0 spiro atoms. The van der Waals surface area contributed by atoms with Gasteiger partial charge in [-0.1, -0.05) is 6.42 Å². The molecule has 21 heavy (non-hydrogen) atoms. The summed E-state index contributed by atoms with van der Waals surface area (Å²) in [6.45, 7) is 0.0618. The van der Waals surface area contributed by atoms with Crippen molar-refractivity contribution in [2.24, 2.45) is 0 Å². The summed E-state index contributed by atoms with van der Waals surface area (Å²) < 4.78 is 25.2. The average Bonchev–Trinajstić information content (AvgIpc) is 3.00. The molecule has 0 aromatic carbocycles. The number of hydrogen-bond acceptors (Lipinski definition) is 7. The number of ether oxygens (including phenoxy) is 2. The van der Waals surface area contributed by atoms with Crippen molar-refractivity contribution in [2.45, 2.75) is 24.9 Å². The van der Waals surface area contributed by atoms with Gasteiger partial charge in [-0.15, -0.1) is 0 Å². The number of nitrogens with zero attached hydrogens (tertiary/aromatic N) is 4. The lowest BCUT2D eigenvalue weighted by Gasteiger charge is -2.14. The fourth-order valence-electron chi connectivity index (χ4n) is 2.29. The molecule has 0 radical (unpaired) electrons. The number of nitrogen functional groups attached to an aromatic ring is 1. The van der Waals surface area contributed by atoms with Crippen molar-refractivity contribution in [3.05, 3.63) is 12.4 Å². The summed E-state index contributed by atoms with van der Waals surface area (Å²) in [5, 5.41) is 9.93. The molecule has 3 N–H and O–H groups in total. The normalized spacial score (nSPS) is 25.1. The number of nitrogens with two attached hydrogens (primary N) is 1. The Labute approximate surface area is 118 Å². The van der Waals surface area contributed by atoms with Crippen molar-refractivity contribution >= 4 is 17.0 Å². The standard InChI is InChI=1S/C12H12FN5O3/c1-2-20-4-7-6(19)3-8(21-7)18-5-15-9-10(14)16-12(13)17-11(9)18/h1,5-8,19H,3-4H2,(H2,14,16,17)/t6-,7+,8+/m0/s1. The maximum absolute atomic E-state index is 13.3. The average molecular weight is 293 g/mol. The van der Waals surface area contributed by atoms with Crippen molar-refractivity contribution in [1.29, 1.82) is 0 Å². The molecule has 3 atom stereocenters. The first kappa shape index (κ1) is 13.5. The van der Waals surface area contributed by atoms with Crippen molar-refractivity contribution in [3.8, 4) is 12.5 Å². The van der Waals surface area contributed by atoms with Gasteiger partial charge in [-0.2, -0.15) is 14.4 Å². The minimum absolute atomic E-state index is 0.0537. The van der Waals surface area contributed by atoms with E-state index >= 15 is 0 Å². The van der Waals surface area contributed by atoms with Gasteiger partial charge in [-0.05, 0) is 0 Å². The van der Waals surface area contributed by atoms with E-state index in [4.69, 9.17) is 21.6 Å². The second-order valence-electron chi connectivity index (χ2n) is 4.56. The Kier molecular flexibility index (Phi) is 3.32. The molecule has 0 unspecified atom stereocenters. The topological polar surface area (TPSA) is 108 Å². The van der Waals surface area contributed by atoms with E-state index in [1.807, 2.05) is 6.11 Å². The smallest absolute Gasteiger partial charge is 0.312 e. The van der Waals surface area contributed by atoms with Gasteiger partial charge >= 0.3 is 6.08 Å². The van der Waals surface area contributed by atoms with E-state index in [-0.39, 0.29) is 30.0 Å². The summed E-state index contributed by atoms with van der Waals surface area (Å²) in [5.74, 6) is -0.0537. The third kappa shape index (κ3) is 2.35. The van der Waals surface area contributed by atoms with Crippen LogP contribution in [0.3, 0.4) is 0 Å². The number of aliphatic hydroxyl groups is 1. The van der Waals surface area contributed by atoms with Crippen molar-refractivity contribution < 1.29 is 19.0 Å². The first-order valence-electron chi connectivity index (χ1n) is 6.16. The van der Waals surface area contributed by atoms with Crippen LogP contribution in [0.25, 0.3) is 11.2 Å². The Morgan fingerprint density at radius 3 is 3.19 bits per heavy atom. The number of imidazole rings is 1. The molecule has 0 aliphatic carbocycles. The summed E-state index contributed by atoms with van der Waals surface area (Å²) in [6, 6.07) is 0. The number of halogens is 1. The van der Waals surface area contributed by atoms with Crippen molar-refractivity contribution in [2.75, 3.05) is 12.3 Å². The number of fused-ring (bicyclic) bond motifs is 1. The van der Waals surface area contributed by atoms with Crippen LogP contribution in [-0.2, 0) is 9.47 Å². The van der Waals surface area contributed by atoms with E-state index in [1.165, 1.54) is 10.9 Å². The number of terminal acetylenes is 1. The highest BCUT2D eigenvalue weighted by atomic mass is 19.1. The van der Waals surface area contributed by atoms with Gasteiger partial charge < -0.3 is 20.3 Å². The molecule has 0 bridgehead atoms. The second-order valence-corrected chi connectivity index (χ2v) is 4.56. The van der Waals surface area contributed by atoms with Crippen molar-refractivity contribution in [3.63, 3.8) is 0 Å². The Bertz CT molecular complexity index is 713. The molecule has 3 heterocycles. The van der Waals surface area contributed by atoms with Gasteiger partial charge in [0, 0.05) is 6.42 Å². The summed E-state index contributed by atoms with van der Waals surface area (Å²) >= 11 is 0. The Morgan fingerprint density at radius 2 is 2.43 bits per heavy atom. The molecule has 110 valence electrons. The van der Waals surface area contributed by atoms with Crippen molar-refractivity contribution in [1.82, 2.24) is 19.5 Å². The molecular formula is C12H12FN5O3. The molecular weight excluding hydrogens is 281 g/mol. The Morgan fingerprint density at radius 1 is 1.62 bits per heavy atom. The highest BCUT2D eigenvalue weighted by molar-refractivity contribution is 5.81. The van der Waals surface area contributed by atoms with Crippen LogP contribution in [0.1, 0.15) is 12.6 Å². The lowest BCUT2D eigenvalue weighted by Crippen LogP contribution is -2.25. The second kappa shape index (κ2) is 5.16. The van der Waals surface area contributed by atoms with Gasteiger partial charge in [0.05, 0.1) is 12.4 Å². The molecule has 9 heteroatoms. The number of rotatable bonds is 3. The maximum Gasteiger partial charge on any atom is 0.312 e. The third-order valence-electron chi connectivity index (χ3n) is 3.27. The zero-order valence-corrected chi connectivity index (χ0v) is 10.8. The van der Waals surface area contributed by atoms with Gasteiger partial charge in [0.15, 0.2) is 17.0 Å². The summed E-state index contributed by atoms with van der Waals surface area (Å²) in [5.41, 5.74) is 6.07. The van der Waals surface area contributed by atoms with Crippen LogP contribution >= 0.6 is 0 Å². The fraction of sp³-hybridized carbons (Fsp3) is 0.417. The summed E-state index contributed by atoms with van der Waals surface area (Å²) in [7, 11) is 0. The molecule has 1 aliphatic heterocycles. The van der Waals surface area contributed by atoms with E-state index in [0.717, 1.165) is 0 Å². The largest absolute Gasteiger partial charge is 0.444 e. The molecule has 1 aliphatic rings. The summed E-state index contributed by atoms with van der Waals surface area (Å²) in [4.78, 5) is 11.1. The maximum atomic E-state index is 13.3. The van der Waals surface area contributed by atoms with E-state index in [1.54, 1.807) is 0 Å². The van der Waals surface area contributed by atoms with E-state index in [2.05, 4.69) is 15.0 Å². The van der Waals surface area contributed by atoms with E-state index in [9.17, 15) is 9.50 Å². The highest BCUT2D eigenvalue weighted by Gasteiger charge is 2.36. The SMILES string of the molecule is C#COC[C@H]1O[C@@H](n2cnc3c(N)nc(F)nc32)C[C@@H]1O. The Hall–Kier alpha value is -2.44. The fourth-order valence-corrected chi connectivity index (χ4v) is 2.29. The lowest BCUT2D eigenvalue weighted by atomic mass is 10.2. The zero-order chi connectivity index (χ0) is 15.0. The number of aromatic nitrogens is 4. The van der Waals surface area contributed by atoms with Crippen LogP contribution in [0.5, 0.6) is 0 Å². The van der Waals surface area contributed by atoms with Crippen LogP contribution in [0.2, 0.25) is 0 Å². The van der Waals surface area contributed by atoms with Gasteiger partial charge in [0.2, 0.25) is 0 Å². The van der Waals surface area contributed by atoms with Gasteiger partial charge in [0.1, 0.15) is 25.0 Å². The number of hydrogen-bond donors (Lipinski definition) is 2. The molecule has 0 amide bonds. The predicted octanol–water partition coefficient (Wildman–Crippen LogP) is -0.197. The summed E-state index contributed by atoms with van der Waals surface area (Å²) in [6.07, 6.45) is 5.84. The Balaban J connectivity index is 1.90. The van der Waals surface area contributed by atoms with Crippen LogP contribution < -0.4 is 5.73 Å².